The number of nitrogens with one attached hydrogen (secondary N) is 1. The van der Waals surface area contributed by atoms with Gasteiger partial charge >= 0.3 is 11.9 Å². The molecule has 1 amide bonds. The first-order valence-electron chi connectivity index (χ1n) is 21.7. The summed E-state index contributed by atoms with van der Waals surface area (Å²) in [5.41, 5.74) is 5.48. The SMILES string of the molecule is CCCCC/C=C\C/C=C\C(CCCCCCC(=O)NC(CCCN)C(=O)O)OC(=O)CCCCCCCCCCCCCCCCCCCC. The highest BCUT2D eigenvalue weighted by atomic mass is 16.5. The molecule has 0 rings (SSSR count). The number of carboxylic acids is 1. The molecule has 0 bridgehead atoms. The highest BCUT2D eigenvalue weighted by molar-refractivity contribution is 5.83. The molecule has 0 spiro atoms. The second kappa shape index (κ2) is 39.1. The molecular weight excluding hydrogens is 636 g/mol. The van der Waals surface area contributed by atoms with Crippen molar-refractivity contribution in [3.8, 4) is 0 Å². The molecule has 0 aliphatic rings. The number of ether oxygens (including phenoxy) is 1. The molecular formula is C44H82N2O5. The van der Waals surface area contributed by atoms with Crippen LogP contribution in [0.4, 0.5) is 0 Å². The zero-order valence-electron chi connectivity index (χ0n) is 33.5. The minimum atomic E-state index is -1.02. The number of aliphatic carboxylic acids is 1. The van der Waals surface area contributed by atoms with Crippen LogP contribution in [0.25, 0.3) is 0 Å². The third-order valence-electron chi connectivity index (χ3n) is 9.75. The number of allylic oxidation sites excluding steroid dienone is 3. The quantitative estimate of drug-likeness (QED) is 0.0331. The van der Waals surface area contributed by atoms with Crippen LogP contribution >= 0.6 is 0 Å². The first kappa shape index (κ1) is 48.9. The Hall–Kier alpha value is -2.15. The Kier molecular flexibility index (Phi) is 37.4. The lowest BCUT2D eigenvalue weighted by Gasteiger charge is -2.15. The fourth-order valence-corrected chi connectivity index (χ4v) is 6.46. The number of unbranched alkanes of at least 4 members (excludes halogenated alkanes) is 23. The Morgan fingerprint density at radius 1 is 0.588 bits per heavy atom. The number of carbonyl (C=O) groups excluding carboxylic acids is 2. The molecule has 2 unspecified atom stereocenters. The smallest absolute Gasteiger partial charge is 0.326 e. The number of nitrogens with two attached hydrogens (primary N) is 1. The van der Waals surface area contributed by atoms with Crippen LogP contribution in [0.2, 0.25) is 0 Å². The minimum absolute atomic E-state index is 0.101. The number of esters is 1. The number of carbonyl (C=O) groups is 3. The highest BCUT2D eigenvalue weighted by Gasteiger charge is 2.19. The van der Waals surface area contributed by atoms with Crippen LogP contribution in [0.1, 0.15) is 219 Å². The van der Waals surface area contributed by atoms with Gasteiger partial charge in [-0.1, -0.05) is 167 Å². The van der Waals surface area contributed by atoms with Gasteiger partial charge in [0.2, 0.25) is 5.91 Å². The average Bonchev–Trinajstić information content (AvgIpc) is 3.11. The molecule has 51 heavy (non-hydrogen) atoms. The summed E-state index contributed by atoms with van der Waals surface area (Å²) in [5.74, 6) is -1.34. The van der Waals surface area contributed by atoms with Gasteiger partial charge in [-0.25, -0.2) is 4.79 Å². The minimum Gasteiger partial charge on any atom is -0.480 e. The van der Waals surface area contributed by atoms with Crippen LogP contribution < -0.4 is 11.1 Å². The zero-order valence-corrected chi connectivity index (χ0v) is 33.5. The second-order valence-electron chi connectivity index (χ2n) is 14.8. The lowest BCUT2D eigenvalue weighted by molar-refractivity contribution is -0.147. The standard InChI is InChI=1S/C44H82N2O5/c1-3-5-7-9-11-13-14-15-16-17-18-19-20-21-22-24-26-32-38-43(48)51-40(34-29-25-23-12-10-8-6-4-2)35-30-27-28-31-37-42(47)46-41(44(49)50)36-33-39-45/h12,23,29,34,40-41H,3-11,13-22,24-28,30-33,35-39,45H2,1-2H3,(H,46,47)(H,49,50)/b23-12-,34-29-. The predicted molar refractivity (Wildman–Crippen MR) is 216 cm³/mol. The summed E-state index contributed by atoms with van der Waals surface area (Å²) in [6, 6.07) is -0.872. The van der Waals surface area contributed by atoms with Gasteiger partial charge in [0.15, 0.2) is 0 Å². The van der Waals surface area contributed by atoms with Crippen LogP contribution in [0.15, 0.2) is 24.3 Å². The van der Waals surface area contributed by atoms with E-state index < -0.39 is 12.0 Å². The van der Waals surface area contributed by atoms with Crippen LogP contribution in [-0.4, -0.2) is 41.6 Å². The molecule has 298 valence electrons. The van der Waals surface area contributed by atoms with E-state index in [1.165, 1.54) is 122 Å². The van der Waals surface area contributed by atoms with Gasteiger partial charge in [-0.2, -0.15) is 0 Å². The molecule has 0 aliphatic heterocycles. The Bertz CT molecular complexity index is 858. The topological polar surface area (TPSA) is 119 Å². The largest absolute Gasteiger partial charge is 0.480 e. The molecule has 7 nitrogen and oxygen atoms in total. The molecule has 7 heteroatoms. The van der Waals surface area contributed by atoms with E-state index in [2.05, 4.69) is 37.4 Å². The fourth-order valence-electron chi connectivity index (χ4n) is 6.46. The van der Waals surface area contributed by atoms with Gasteiger partial charge in [0, 0.05) is 12.8 Å². The highest BCUT2D eigenvalue weighted by Crippen LogP contribution is 2.16. The second-order valence-corrected chi connectivity index (χ2v) is 14.8. The van der Waals surface area contributed by atoms with Gasteiger partial charge in [0.25, 0.3) is 0 Å². The zero-order chi connectivity index (χ0) is 37.5. The van der Waals surface area contributed by atoms with Crippen molar-refractivity contribution < 1.29 is 24.2 Å². The van der Waals surface area contributed by atoms with Crippen LogP contribution in [-0.2, 0) is 19.1 Å². The van der Waals surface area contributed by atoms with Crippen molar-refractivity contribution in [2.75, 3.05) is 6.54 Å². The Morgan fingerprint density at radius 2 is 1.08 bits per heavy atom. The van der Waals surface area contributed by atoms with Crippen molar-refractivity contribution in [2.45, 2.75) is 231 Å². The molecule has 2 atom stereocenters. The summed E-state index contributed by atoms with van der Waals surface area (Å²) in [6.07, 6.45) is 43.9. The van der Waals surface area contributed by atoms with Gasteiger partial charge < -0.3 is 20.9 Å². The molecule has 0 saturated heterocycles. The Morgan fingerprint density at radius 3 is 1.61 bits per heavy atom. The first-order chi connectivity index (χ1) is 24.9. The maximum Gasteiger partial charge on any atom is 0.326 e. The van der Waals surface area contributed by atoms with E-state index in [-0.39, 0.29) is 18.0 Å². The number of carboxylic acid groups (broad SMARTS) is 1. The van der Waals surface area contributed by atoms with Crippen molar-refractivity contribution in [1.82, 2.24) is 5.32 Å². The fraction of sp³-hybridized carbons (Fsp3) is 0.841. The summed E-state index contributed by atoms with van der Waals surface area (Å²) in [7, 11) is 0. The number of hydrogen-bond acceptors (Lipinski definition) is 5. The predicted octanol–water partition coefficient (Wildman–Crippen LogP) is 12.1. The Labute approximate surface area is 314 Å². The lowest BCUT2D eigenvalue weighted by Crippen LogP contribution is -2.40. The molecule has 4 N–H and O–H groups in total. The Balaban J connectivity index is 4.20. The van der Waals surface area contributed by atoms with Gasteiger partial charge in [0.1, 0.15) is 12.1 Å². The van der Waals surface area contributed by atoms with E-state index in [0.717, 1.165) is 51.4 Å². The summed E-state index contributed by atoms with van der Waals surface area (Å²) >= 11 is 0. The summed E-state index contributed by atoms with van der Waals surface area (Å²) < 4.78 is 5.91. The van der Waals surface area contributed by atoms with E-state index in [1.807, 2.05) is 6.08 Å². The lowest BCUT2D eigenvalue weighted by atomic mass is 10.0. The van der Waals surface area contributed by atoms with Gasteiger partial charge in [0.05, 0.1) is 0 Å². The summed E-state index contributed by atoms with van der Waals surface area (Å²) in [5, 5.41) is 11.9. The number of amides is 1. The normalized spacial score (nSPS) is 12.8. The third kappa shape index (κ3) is 36.0. The van der Waals surface area contributed by atoms with Crippen molar-refractivity contribution >= 4 is 17.8 Å². The number of rotatable bonds is 39. The third-order valence-corrected chi connectivity index (χ3v) is 9.75. The summed E-state index contributed by atoms with van der Waals surface area (Å²) in [4.78, 5) is 36.3. The van der Waals surface area contributed by atoms with E-state index in [4.69, 9.17) is 10.5 Å². The molecule has 0 radical (unpaired) electrons. The maximum atomic E-state index is 12.7. The van der Waals surface area contributed by atoms with Crippen LogP contribution in [0, 0.1) is 0 Å². The van der Waals surface area contributed by atoms with E-state index in [1.54, 1.807) is 0 Å². The van der Waals surface area contributed by atoms with Crippen molar-refractivity contribution in [2.24, 2.45) is 5.73 Å². The van der Waals surface area contributed by atoms with Gasteiger partial charge in [-0.3, -0.25) is 9.59 Å². The van der Waals surface area contributed by atoms with E-state index in [9.17, 15) is 19.5 Å². The van der Waals surface area contributed by atoms with E-state index in [0.29, 0.717) is 38.6 Å². The van der Waals surface area contributed by atoms with Crippen LogP contribution in [0.5, 0.6) is 0 Å². The van der Waals surface area contributed by atoms with Gasteiger partial charge in [-0.05, 0) is 70.4 Å². The molecule has 0 aromatic rings. The van der Waals surface area contributed by atoms with Gasteiger partial charge in [-0.15, -0.1) is 0 Å². The molecule has 0 aromatic carbocycles. The van der Waals surface area contributed by atoms with Crippen molar-refractivity contribution in [1.29, 1.82) is 0 Å². The molecule has 0 aromatic heterocycles. The first-order valence-corrected chi connectivity index (χ1v) is 21.7. The molecule has 0 heterocycles. The number of hydrogen-bond donors (Lipinski definition) is 3. The average molecular weight is 719 g/mol. The molecule has 0 aliphatic carbocycles. The monoisotopic (exact) mass is 719 g/mol. The molecule has 0 saturated carbocycles. The molecule has 0 fully saturated rings. The summed E-state index contributed by atoms with van der Waals surface area (Å²) in [6.45, 7) is 4.90. The van der Waals surface area contributed by atoms with E-state index >= 15 is 0 Å². The maximum absolute atomic E-state index is 12.7. The van der Waals surface area contributed by atoms with Crippen molar-refractivity contribution in [3.05, 3.63) is 24.3 Å². The van der Waals surface area contributed by atoms with Crippen molar-refractivity contribution in [3.63, 3.8) is 0 Å². The van der Waals surface area contributed by atoms with Crippen LogP contribution in [0.3, 0.4) is 0 Å².